The highest BCUT2D eigenvalue weighted by Crippen LogP contribution is 2.38. The van der Waals surface area contributed by atoms with Gasteiger partial charge in [-0.1, -0.05) is 29.9 Å². The van der Waals surface area contributed by atoms with E-state index in [9.17, 15) is 8.42 Å². The number of aromatic nitrogens is 1. The molecular formula is C16H22ClN5O2S2. The molecule has 0 unspecified atom stereocenters. The van der Waals surface area contributed by atoms with Crippen LogP contribution in [-0.2, 0) is 10.0 Å². The number of benzene rings is 1. The Balaban J connectivity index is 1.88. The number of fused-ring (bicyclic) bond motifs is 1. The molecule has 0 aliphatic carbocycles. The second-order valence-corrected chi connectivity index (χ2v) is 9.64. The van der Waals surface area contributed by atoms with E-state index in [1.807, 2.05) is 26.0 Å². The molecule has 0 saturated carbocycles. The largest absolute Gasteiger partial charge is 0.366 e. The van der Waals surface area contributed by atoms with Crippen molar-refractivity contribution in [2.24, 2.45) is 5.10 Å². The lowest BCUT2D eigenvalue weighted by Crippen LogP contribution is -2.48. The number of nitrogens with zero attached hydrogens (tertiary/aromatic N) is 4. The predicted molar refractivity (Wildman–Crippen MR) is 110 cm³/mol. The van der Waals surface area contributed by atoms with Gasteiger partial charge in [0.05, 0.1) is 21.7 Å². The number of piperazine rings is 1. The van der Waals surface area contributed by atoms with E-state index in [4.69, 9.17) is 11.6 Å². The molecule has 1 aromatic carbocycles. The Labute approximate surface area is 162 Å². The molecule has 1 aliphatic heterocycles. The van der Waals surface area contributed by atoms with Gasteiger partial charge in [0.1, 0.15) is 5.52 Å². The van der Waals surface area contributed by atoms with Gasteiger partial charge >= 0.3 is 0 Å². The maximum Gasteiger partial charge on any atom is 0.211 e. The summed E-state index contributed by atoms with van der Waals surface area (Å²) < 4.78 is 25.9. The zero-order valence-electron chi connectivity index (χ0n) is 15.0. The van der Waals surface area contributed by atoms with Gasteiger partial charge in [-0.15, -0.1) is 0 Å². The van der Waals surface area contributed by atoms with Crippen LogP contribution in [0.2, 0.25) is 5.02 Å². The van der Waals surface area contributed by atoms with Crippen LogP contribution in [0.5, 0.6) is 0 Å². The van der Waals surface area contributed by atoms with Gasteiger partial charge in [0.2, 0.25) is 15.2 Å². The third kappa shape index (κ3) is 4.11. The highest BCUT2D eigenvalue weighted by Gasteiger charge is 2.26. The van der Waals surface area contributed by atoms with Gasteiger partial charge in [-0.25, -0.2) is 13.4 Å². The number of nitrogens with one attached hydrogen (secondary N) is 1. The monoisotopic (exact) mass is 415 g/mol. The number of thiazole rings is 1. The Morgan fingerprint density at radius 2 is 2.04 bits per heavy atom. The first-order valence-electron chi connectivity index (χ1n) is 8.38. The molecular weight excluding hydrogens is 394 g/mol. The van der Waals surface area contributed by atoms with Crippen LogP contribution in [0.15, 0.2) is 17.2 Å². The van der Waals surface area contributed by atoms with Gasteiger partial charge in [0, 0.05) is 31.9 Å². The zero-order chi connectivity index (χ0) is 18.9. The molecule has 1 aromatic heterocycles. The van der Waals surface area contributed by atoms with Gasteiger partial charge in [-0.2, -0.15) is 9.41 Å². The number of hydrogen-bond donors (Lipinski definition) is 1. The fraction of sp³-hybridized carbons (Fsp3) is 0.500. The molecule has 0 atom stereocenters. The lowest BCUT2D eigenvalue weighted by atomic mass is 10.2. The third-order valence-electron chi connectivity index (χ3n) is 4.36. The van der Waals surface area contributed by atoms with Crippen molar-refractivity contribution >= 4 is 59.7 Å². The average molecular weight is 416 g/mol. The highest BCUT2D eigenvalue weighted by molar-refractivity contribution is 7.88. The molecule has 0 bridgehead atoms. The van der Waals surface area contributed by atoms with Crippen molar-refractivity contribution in [2.45, 2.75) is 20.3 Å². The minimum atomic E-state index is -3.16. The maximum absolute atomic E-state index is 11.7. The number of rotatable bonds is 5. The quantitative estimate of drug-likeness (QED) is 0.599. The van der Waals surface area contributed by atoms with E-state index >= 15 is 0 Å². The summed E-state index contributed by atoms with van der Waals surface area (Å²) in [6.45, 7) is 6.07. The molecule has 1 saturated heterocycles. The Morgan fingerprint density at radius 1 is 1.35 bits per heavy atom. The van der Waals surface area contributed by atoms with Gasteiger partial charge in [0.15, 0.2) is 0 Å². The first-order chi connectivity index (χ1) is 12.3. The first kappa shape index (κ1) is 19.3. The number of sulfonamides is 1. The number of halogens is 1. The topological polar surface area (TPSA) is 77.9 Å². The van der Waals surface area contributed by atoms with Crippen LogP contribution < -0.4 is 10.3 Å². The lowest BCUT2D eigenvalue weighted by Gasteiger charge is -2.35. The van der Waals surface area contributed by atoms with E-state index in [0.717, 1.165) is 28.0 Å². The van der Waals surface area contributed by atoms with Crippen LogP contribution in [0.4, 0.5) is 10.8 Å². The molecule has 0 spiro atoms. The molecule has 2 heterocycles. The summed E-state index contributed by atoms with van der Waals surface area (Å²) in [5.74, 6) is 0. The van der Waals surface area contributed by atoms with Crippen LogP contribution in [0, 0.1) is 0 Å². The molecule has 1 N–H and O–H groups in total. The summed E-state index contributed by atoms with van der Waals surface area (Å²) in [4.78, 5) is 6.77. The summed E-state index contributed by atoms with van der Waals surface area (Å²) in [5.41, 5.74) is 5.69. The fourth-order valence-electron chi connectivity index (χ4n) is 2.77. The molecule has 1 aliphatic rings. The van der Waals surface area contributed by atoms with Crippen molar-refractivity contribution in [3.8, 4) is 0 Å². The van der Waals surface area contributed by atoms with Crippen molar-refractivity contribution < 1.29 is 8.42 Å². The number of hydrazone groups is 1. The molecule has 142 valence electrons. The maximum atomic E-state index is 11.7. The van der Waals surface area contributed by atoms with Gasteiger partial charge in [-0.3, -0.25) is 5.43 Å². The van der Waals surface area contributed by atoms with Crippen molar-refractivity contribution in [3.05, 3.63) is 17.2 Å². The van der Waals surface area contributed by atoms with Crippen molar-refractivity contribution in [2.75, 3.05) is 42.8 Å². The fourth-order valence-corrected chi connectivity index (χ4v) is 4.68. The van der Waals surface area contributed by atoms with Gasteiger partial charge < -0.3 is 4.90 Å². The van der Waals surface area contributed by atoms with E-state index < -0.39 is 10.0 Å². The van der Waals surface area contributed by atoms with Crippen molar-refractivity contribution in [1.82, 2.24) is 9.29 Å². The van der Waals surface area contributed by atoms with E-state index in [0.29, 0.717) is 36.3 Å². The van der Waals surface area contributed by atoms with E-state index in [2.05, 4.69) is 20.4 Å². The molecule has 7 nitrogen and oxygen atoms in total. The summed E-state index contributed by atoms with van der Waals surface area (Å²) in [5, 5.41) is 5.64. The van der Waals surface area contributed by atoms with Crippen LogP contribution in [0.3, 0.4) is 0 Å². The van der Waals surface area contributed by atoms with Crippen LogP contribution in [0.1, 0.15) is 20.3 Å². The second-order valence-electron chi connectivity index (χ2n) is 6.22. The van der Waals surface area contributed by atoms with Gasteiger partial charge in [0.25, 0.3) is 0 Å². The predicted octanol–water partition coefficient (Wildman–Crippen LogP) is 3.23. The average Bonchev–Trinajstić information content (AvgIpc) is 3.02. The van der Waals surface area contributed by atoms with Crippen LogP contribution in [0.25, 0.3) is 10.2 Å². The van der Waals surface area contributed by atoms with E-state index in [1.54, 1.807) is 0 Å². The second kappa shape index (κ2) is 7.67. The normalized spacial score (nSPS) is 17.1. The van der Waals surface area contributed by atoms with Crippen molar-refractivity contribution in [1.29, 1.82) is 0 Å². The van der Waals surface area contributed by atoms with E-state index in [-0.39, 0.29) is 0 Å². The molecule has 3 rings (SSSR count). The summed E-state index contributed by atoms with van der Waals surface area (Å²) in [7, 11) is -3.16. The van der Waals surface area contributed by atoms with Crippen LogP contribution >= 0.6 is 22.9 Å². The minimum absolute atomic E-state index is 0.445. The Morgan fingerprint density at radius 3 is 2.65 bits per heavy atom. The smallest absolute Gasteiger partial charge is 0.211 e. The molecule has 26 heavy (non-hydrogen) atoms. The summed E-state index contributed by atoms with van der Waals surface area (Å²) in [6, 6.07) is 3.82. The Hall–Kier alpha value is -1.42. The summed E-state index contributed by atoms with van der Waals surface area (Å²) in [6.07, 6.45) is 2.12. The van der Waals surface area contributed by atoms with Crippen molar-refractivity contribution in [3.63, 3.8) is 0 Å². The van der Waals surface area contributed by atoms with E-state index in [1.165, 1.54) is 21.9 Å². The number of anilines is 2. The van der Waals surface area contributed by atoms with Gasteiger partial charge in [-0.05, 0) is 25.5 Å². The first-order valence-corrected chi connectivity index (χ1v) is 11.4. The SMILES string of the molecule is CC/C(C)=N\Nc1nc2c(N3CCN(S(C)(=O)=O)CC3)c(Cl)ccc2s1. The summed E-state index contributed by atoms with van der Waals surface area (Å²) >= 11 is 7.99. The lowest BCUT2D eigenvalue weighted by molar-refractivity contribution is 0.388. The van der Waals surface area contributed by atoms with Crippen LogP contribution in [-0.4, -0.2) is 55.9 Å². The standard InChI is InChI=1S/C16H22ClN5O2S2/c1-4-11(2)19-20-16-18-14-13(25-16)6-5-12(17)15(14)21-7-9-22(10-8-21)26(3,23)24/h5-6H,4,7-10H2,1-3H3,(H,18,20)/b19-11-. The zero-order valence-corrected chi connectivity index (χ0v) is 17.4. The molecule has 1 fully saturated rings. The molecule has 0 amide bonds. The highest BCUT2D eigenvalue weighted by atomic mass is 35.5. The molecule has 0 radical (unpaired) electrons. The minimum Gasteiger partial charge on any atom is -0.366 e. The third-order valence-corrected chi connectivity index (χ3v) is 6.90. The Kier molecular flexibility index (Phi) is 5.71. The molecule has 10 heteroatoms. The molecule has 2 aromatic rings. The number of hydrogen-bond acceptors (Lipinski definition) is 7. The Bertz CT molecular complexity index is 934.